The van der Waals surface area contributed by atoms with E-state index in [9.17, 15) is 9.90 Å². The lowest BCUT2D eigenvalue weighted by molar-refractivity contribution is -0.143. The van der Waals surface area contributed by atoms with Gasteiger partial charge in [-0.1, -0.05) is 18.2 Å². The van der Waals surface area contributed by atoms with Crippen molar-refractivity contribution in [1.29, 1.82) is 0 Å². The summed E-state index contributed by atoms with van der Waals surface area (Å²) >= 11 is 0. The van der Waals surface area contributed by atoms with Gasteiger partial charge in [-0.05, 0) is 24.3 Å². The van der Waals surface area contributed by atoms with E-state index in [1.165, 1.54) is 0 Å². The third kappa shape index (κ3) is 2.03. The van der Waals surface area contributed by atoms with Crippen LogP contribution in [0.1, 0.15) is 17.9 Å². The molecule has 0 aliphatic heterocycles. The van der Waals surface area contributed by atoms with Gasteiger partial charge in [-0.2, -0.15) is 0 Å². The Morgan fingerprint density at radius 3 is 2.32 bits per heavy atom. The minimum atomic E-state index is -0.751. The average Bonchev–Trinajstić information content (AvgIpc) is 3.13. The highest BCUT2D eigenvalue weighted by Crippen LogP contribution is 2.56. The summed E-state index contributed by atoms with van der Waals surface area (Å²) in [7, 11) is 4.69. The summed E-state index contributed by atoms with van der Waals surface area (Å²) in [4.78, 5) is 11.7. The highest BCUT2D eigenvalue weighted by molar-refractivity contribution is 5.74. The first-order chi connectivity index (χ1) is 10.6. The van der Waals surface area contributed by atoms with Crippen molar-refractivity contribution in [2.24, 2.45) is 17.8 Å². The van der Waals surface area contributed by atoms with Crippen LogP contribution in [0.5, 0.6) is 17.2 Å². The maximum absolute atomic E-state index is 11.7. The Morgan fingerprint density at radius 2 is 1.73 bits per heavy atom. The Balaban J connectivity index is 2.11. The number of ether oxygens (including phenoxy) is 3. The molecule has 3 rings (SSSR count). The number of hydrogen-bond donors (Lipinski definition) is 1. The molecule has 22 heavy (non-hydrogen) atoms. The highest BCUT2D eigenvalue weighted by atomic mass is 16.5. The normalized spacial score (nSPS) is 28.7. The van der Waals surface area contributed by atoms with Gasteiger partial charge in [0.2, 0.25) is 5.75 Å². The molecule has 0 saturated heterocycles. The molecule has 0 aromatic heterocycles. The van der Waals surface area contributed by atoms with Crippen molar-refractivity contribution in [1.82, 2.24) is 0 Å². The van der Waals surface area contributed by atoms with Crippen molar-refractivity contribution >= 4 is 5.97 Å². The second kappa shape index (κ2) is 5.55. The van der Waals surface area contributed by atoms with Gasteiger partial charge in [-0.25, -0.2) is 0 Å². The molecule has 1 fully saturated rings. The lowest BCUT2D eigenvalue weighted by Crippen LogP contribution is -2.26. The van der Waals surface area contributed by atoms with Crippen LogP contribution in [0.2, 0.25) is 0 Å². The predicted molar refractivity (Wildman–Crippen MR) is 80.7 cm³/mol. The largest absolute Gasteiger partial charge is 0.493 e. The lowest BCUT2D eigenvalue weighted by Gasteiger charge is -2.27. The van der Waals surface area contributed by atoms with Gasteiger partial charge in [0.1, 0.15) is 0 Å². The zero-order chi connectivity index (χ0) is 15.9. The number of carbonyl (C=O) groups is 1. The Morgan fingerprint density at radius 1 is 1.05 bits per heavy atom. The lowest BCUT2D eigenvalue weighted by atomic mass is 9.78. The van der Waals surface area contributed by atoms with Crippen LogP contribution in [-0.2, 0) is 4.79 Å². The molecule has 1 aromatic rings. The Hall–Kier alpha value is -2.17. The average molecular weight is 304 g/mol. The number of benzene rings is 1. The number of methoxy groups -OCH3 is 3. The van der Waals surface area contributed by atoms with Gasteiger partial charge in [-0.3, -0.25) is 4.79 Å². The van der Waals surface area contributed by atoms with Crippen LogP contribution < -0.4 is 14.2 Å². The van der Waals surface area contributed by atoms with E-state index in [-0.39, 0.29) is 17.8 Å². The predicted octanol–water partition coefficient (Wildman–Crippen LogP) is 2.70. The molecule has 118 valence electrons. The summed E-state index contributed by atoms with van der Waals surface area (Å²) < 4.78 is 16.3. The summed E-state index contributed by atoms with van der Waals surface area (Å²) in [6.45, 7) is 0. The number of carboxylic acid groups (broad SMARTS) is 1. The molecule has 4 atom stereocenters. The van der Waals surface area contributed by atoms with Crippen LogP contribution in [0, 0.1) is 17.8 Å². The first-order valence-corrected chi connectivity index (χ1v) is 7.32. The van der Waals surface area contributed by atoms with E-state index >= 15 is 0 Å². The van der Waals surface area contributed by atoms with Crippen LogP contribution in [0.15, 0.2) is 24.3 Å². The number of carboxylic acids is 1. The minimum absolute atomic E-state index is 0.0951. The van der Waals surface area contributed by atoms with Gasteiger partial charge in [0, 0.05) is 11.5 Å². The fourth-order valence-electron chi connectivity index (χ4n) is 3.97. The summed E-state index contributed by atoms with van der Waals surface area (Å²) in [5.74, 6) is 0.734. The van der Waals surface area contributed by atoms with E-state index in [0.29, 0.717) is 17.2 Å². The first-order valence-electron chi connectivity index (χ1n) is 7.32. The van der Waals surface area contributed by atoms with Crippen LogP contribution in [0.25, 0.3) is 0 Å². The molecule has 4 unspecified atom stereocenters. The molecule has 5 nitrogen and oxygen atoms in total. The van der Waals surface area contributed by atoms with Gasteiger partial charge in [-0.15, -0.1) is 0 Å². The van der Waals surface area contributed by atoms with Gasteiger partial charge in [0.25, 0.3) is 0 Å². The van der Waals surface area contributed by atoms with Crippen LogP contribution >= 0.6 is 0 Å². The van der Waals surface area contributed by atoms with Crippen LogP contribution in [0.3, 0.4) is 0 Å². The van der Waals surface area contributed by atoms with E-state index in [2.05, 4.69) is 6.08 Å². The van der Waals surface area contributed by atoms with Crippen LogP contribution in [0.4, 0.5) is 0 Å². The van der Waals surface area contributed by atoms with E-state index in [0.717, 1.165) is 12.0 Å². The molecule has 0 amide bonds. The van der Waals surface area contributed by atoms with Crippen molar-refractivity contribution in [3.8, 4) is 17.2 Å². The molecule has 0 radical (unpaired) electrons. The number of rotatable bonds is 5. The van der Waals surface area contributed by atoms with Crippen LogP contribution in [-0.4, -0.2) is 32.4 Å². The third-order valence-electron chi connectivity index (χ3n) is 4.84. The molecule has 1 saturated carbocycles. The summed E-state index contributed by atoms with van der Waals surface area (Å²) in [6.07, 6.45) is 5.05. The molecule has 0 heterocycles. The van der Waals surface area contributed by atoms with Crippen molar-refractivity contribution in [3.05, 3.63) is 29.8 Å². The monoisotopic (exact) mass is 304 g/mol. The second-order valence-corrected chi connectivity index (χ2v) is 5.76. The smallest absolute Gasteiger partial charge is 0.307 e. The molecule has 1 N–H and O–H groups in total. The SMILES string of the molecule is COc1ccc(C2C3C=CC(C3)C2C(=O)O)c(OC)c1OC. The van der Waals surface area contributed by atoms with Gasteiger partial charge in [0.05, 0.1) is 27.2 Å². The van der Waals surface area contributed by atoms with Crippen molar-refractivity contribution in [3.63, 3.8) is 0 Å². The molecule has 1 aromatic carbocycles. The van der Waals surface area contributed by atoms with Crippen molar-refractivity contribution in [2.75, 3.05) is 21.3 Å². The zero-order valence-electron chi connectivity index (χ0n) is 12.9. The fraction of sp³-hybridized carbons (Fsp3) is 0.471. The van der Waals surface area contributed by atoms with Crippen molar-refractivity contribution in [2.45, 2.75) is 12.3 Å². The Labute approximate surface area is 129 Å². The number of hydrogen-bond acceptors (Lipinski definition) is 4. The molecule has 2 aliphatic rings. The molecule has 2 bridgehead atoms. The molecular formula is C17H20O5. The quantitative estimate of drug-likeness (QED) is 0.847. The molecular weight excluding hydrogens is 284 g/mol. The highest BCUT2D eigenvalue weighted by Gasteiger charge is 2.50. The van der Waals surface area contributed by atoms with Crippen molar-refractivity contribution < 1.29 is 24.1 Å². The molecule has 5 heteroatoms. The van der Waals surface area contributed by atoms with E-state index in [1.54, 1.807) is 21.3 Å². The second-order valence-electron chi connectivity index (χ2n) is 5.76. The van der Waals surface area contributed by atoms with E-state index < -0.39 is 11.9 Å². The molecule has 2 aliphatic carbocycles. The van der Waals surface area contributed by atoms with E-state index in [1.807, 2.05) is 18.2 Å². The van der Waals surface area contributed by atoms with E-state index in [4.69, 9.17) is 14.2 Å². The van der Waals surface area contributed by atoms with Gasteiger partial charge < -0.3 is 19.3 Å². The number of allylic oxidation sites excluding steroid dienone is 2. The molecule has 0 spiro atoms. The van der Waals surface area contributed by atoms with Gasteiger partial charge in [0.15, 0.2) is 11.5 Å². The Bertz CT molecular complexity index is 622. The zero-order valence-corrected chi connectivity index (χ0v) is 12.9. The van der Waals surface area contributed by atoms with Gasteiger partial charge >= 0.3 is 5.97 Å². The topological polar surface area (TPSA) is 65.0 Å². The summed E-state index contributed by atoms with van der Waals surface area (Å²) in [5.41, 5.74) is 0.879. The summed E-state index contributed by atoms with van der Waals surface area (Å²) in [5, 5.41) is 9.63. The Kier molecular flexibility index (Phi) is 3.72. The number of fused-ring (bicyclic) bond motifs is 2. The maximum atomic E-state index is 11.7. The summed E-state index contributed by atoms with van der Waals surface area (Å²) in [6, 6.07) is 3.71. The first kappa shape index (κ1) is 14.8. The fourth-order valence-corrected chi connectivity index (χ4v) is 3.97. The third-order valence-corrected chi connectivity index (χ3v) is 4.84. The minimum Gasteiger partial charge on any atom is -0.493 e. The number of aliphatic carboxylic acids is 1. The maximum Gasteiger partial charge on any atom is 0.307 e. The standard InChI is InChI=1S/C17H20O5/c1-20-12-7-6-11(15(21-2)16(12)22-3)13-9-4-5-10(8-9)14(13)17(18)19/h4-7,9-10,13-14H,8H2,1-3H3,(H,18,19).